The third-order valence-electron chi connectivity index (χ3n) is 2.91. The molecule has 3 rings (SSSR count). The fourth-order valence-electron chi connectivity index (χ4n) is 2.01. The fourth-order valence-corrected chi connectivity index (χ4v) is 2.33. The first-order valence-electron chi connectivity index (χ1n) is 5.75. The number of rotatable bonds is 2. The predicted octanol–water partition coefficient (Wildman–Crippen LogP) is 3.96. The third-order valence-corrected chi connectivity index (χ3v) is 3.36. The average molecular weight is 255 g/mol. The van der Waals surface area contributed by atoms with Gasteiger partial charge in [-0.05, 0) is 11.6 Å². The van der Waals surface area contributed by atoms with Crippen molar-refractivity contribution in [3.05, 3.63) is 72.2 Å². The lowest BCUT2D eigenvalue weighted by Gasteiger charge is -2.11. The number of hydrogen-bond donors (Lipinski definition) is 0. The van der Waals surface area contributed by atoms with E-state index in [-0.39, 0.29) is 5.38 Å². The number of nitrogens with zero attached hydrogens (tertiary/aromatic N) is 2. The van der Waals surface area contributed by atoms with Gasteiger partial charge in [0.1, 0.15) is 11.7 Å². The van der Waals surface area contributed by atoms with Gasteiger partial charge in [-0.2, -0.15) is 0 Å². The summed E-state index contributed by atoms with van der Waals surface area (Å²) >= 11 is 6.52. The summed E-state index contributed by atoms with van der Waals surface area (Å²) in [5.41, 5.74) is 2.82. The maximum Gasteiger partial charge on any atom is 0.116 e. The van der Waals surface area contributed by atoms with E-state index in [4.69, 9.17) is 11.6 Å². The highest BCUT2D eigenvalue weighted by Gasteiger charge is 2.15. The van der Waals surface area contributed by atoms with Crippen molar-refractivity contribution in [2.24, 2.45) is 0 Å². The minimum Gasteiger partial charge on any atom is -0.239 e. The molecule has 0 fully saturated rings. The van der Waals surface area contributed by atoms with Crippen molar-refractivity contribution in [1.82, 2.24) is 9.97 Å². The van der Waals surface area contributed by atoms with Gasteiger partial charge >= 0.3 is 0 Å². The molecule has 1 aromatic heterocycles. The Hall–Kier alpha value is -1.93. The molecule has 88 valence electrons. The third kappa shape index (κ3) is 1.95. The van der Waals surface area contributed by atoms with Gasteiger partial charge in [0, 0.05) is 5.39 Å². The molecule has 3 aromatic rings. The summed E-state index contributed by atoms with van der Waals surface area (Å²) in [6.45, 7) is 0. The molecule has 0 amide bonds. The van der Waals surface area contributed by atoms with Crippen LogP contribution in [0.1, 0.15) is 16.6 Å². The summed E-state index contributed by atoms with van der Waals surface area (Å²) in [6.07, 6.45) is 1.57. The van der Waals surface area contributed by atoms with Crippen LogP contribution in [0.5, 0.6) is 0 Å². The Morgan fingerprint density at radius 3 is 2.39 bits per heavy atom. The minimum atomic E-state index is -0.251. The average Bonchev–Trinajstić information content (AvgIpc) is 2.47. The lowest BCUT2D eigenvalue weighted by atomic mass is 10.1. The minimum absolute atomic E-state index is 0.251. The van der Waals surface area contributed by atoms with Crippen molar-refractivity contribution in [1.29, 1.82) is 0 Å². The van der Waals surface area contributed by atoms with Gasteiger partial charge in [0.25, 0.3) is 0 Å². The van der Waals surface area contributed by atoms with Gasteiger partial charge in [0.2, 0.25) is 0 Å². The van der Waals surface area contributed by atoms with E-state index < -0.39 is 0 Å². The van der Waals surface area contributed by atoms with Crippen molar-refractivity contribution in [2.45, 2.75) is 5.38 Å². The molecule has 0 bridgehead atoms. The molecule has 1 unspecified atom stereocenters. The fraction of sp³-hybridized carbons (Fsp3) is 0.0667. The van der Waals surface area contributed by atoms with Crippen LogP contribution in [-0.2, 0) is 0 Å². The first-order chi connectivity index (χ1) is 8.86. The maximum atomic E-state index is 6.52. The summed E-state index contributed by atoms with van der Waals surface area (Å²) in [5.74, 6) is 0. The predicted molar refractivity (Wildman–Crippen MR) is 73.7 cm³/mol. The van der Waals surface area contributed by atoms with E-state index in [1.807, 2.05) is 54.6 Å². The highest BCUT2D eigenvalue weighted by Crippen LogP contribution is 2.31. The van der Waals surface area contributed by atoms with Crippen molar-refractivity contribution in [3.8, 4) is 0 Å². The number of fused-ring (bicyclic) bond motifs is 1. The topological polar surface area (TPSA) is 25.8 Å². The molecule has 18 heavy (non-hydrogen) atoms. The second kappa shape index (κ2) is 4.75. The molecule has 0 N–H and O–H groups in total. The Bertz CT molecular complexity index is 662. The SMILES string of the molecule is ClC(c1ccccc1)c1ncnc2ccccc12. The van der Waals surface area contributed by atoms with Crippen molar-refractivity contribution >= 4 is 22.5 Å². The van der Waals surface area contributed by atoms with Crippen LogP contribution in [0.2, 0.25) is 0 Å². The highest BCUT2D eigenvalue weighted by molar-refractivity contribution is 6.23. The van der Waals surface area contributed by atoms with Crippen LogP contribution in [0.4, 0.5) is 0 Å². The van der Waals surface area contributed by atoms with E-state index in [2.05, 4.69) is 9.97 Å². The molecule has 1 heterocycles. The number of benzene rings is 2. The molecule has 1 atom stereocenters. The standard InChI is InChI=1S/C15H11ClN2/c16-14(11-6-2-1-3-7-11)15-12-8-4-5-9-13(12)17-10-18-15/h1-10,14H. The van der Waals surface area contributed by atoms with Gasteiger partial charge in [-0.15, -0.1) is 11.6 Å². The van der Waals surface area contributed by atoms with Crippen LogP contribution >= 0.6 is 11.6 Å². The van der Waals surface area contributed by atoms with Crippen LogP contribution in [0.25, 0.3) is 10.9 Å². The largest absolute Gasteiger partial charge is 0.239 e. The molecule has 0 aliphatic heterocycles. The zero-order valence-electron chi connectivity index (χ0n) is 9.62. The van der Waals surface area contributed by atoms with Crippen LogP contribution in [0, 0.1) is 0 Å². The molecule has 2 nitrogen and oxygen atoms in total. The zero-order valence-corrected chi connectivity index (χ0v) is 10.4. The van der Waals surface area contributed by atoms with E-state index in [1.165, 1.54) is 0 Å². The molecule has 0 radical (unpaired) electrons. The molecule has 2 aromatic carbocycles. The van der Waals surface area contributed by atoms with E-state index in [0.717, 1.165) is 22.2 Å². The molecule has 0 aliphatic carbocycles. The summed E-state index contributed by atoms with van der Waals surface area (Å²) in [6, 6.07) is 17.9. The summed E-state index contributed by atoms with van der Waals surface area (Å²) in [4.78, 5) is 8.59. The van der Waals surface area contributed by atoms with Gasteiger partial charge < -0.3 is 0 Å². The smallest absolute Gasteiger partial charge is 0.116 e. The summed E-state index contributed by atoms with van der Waals surface area (Å²) in [5, 5.41) is 0.753. The van der Waals surface area contributed by atoms with Crippen molar-refractivity contribution in [2.75, 3.05) is 0 Å². The first kappa shape index (κ1) is 11.2. The summed E-state index contributed by atoms with van der Waals surface area (Å²) < 4.78 is 0. The molecule has 0 saturated heterocycles. The number of alkyl halides is 1. The van der Waals surface area contributed by atoms with Crippen LogP contribution in [-0.4, -0.2) is 9.97 Å². The molecule has 3 heteroatoms. The van der Waals surface area contributed by atoms with E-state index >= 15 is 0 Å². The Kier molecular flexibility index (Phi) is 2.95. The van der Waals surface area contributed by atoms with Gasteiger partial charge in [0.05, 0.1) is 11.2 Å². The monoisotopic (exact) mass is 254 g/mol. The lowest BCUT2D eigenvalue weighted by molar-refractivity contribution is 1.03. The van der Waals surface area contributed by atoms with Gasteiger partial charge in [-0.3, -0.25) is 0 Å². The second-order valence-corrected chi connectivity index (χ2v) is 4.49. The Morgan fingerprint density at radius 2 is 1.56 bits per heavy atom. The zero-order chi connectivity index (χ0) is 12.4. The second-order valence-electron chi connectivity index (χ2n) is 4.05. The van der Waals surface area contributed by atoms with Gasteiger partial charge in [-0.25, -0.2) is 9.97 Å². The van der Waals surface area contributed by atoms with Crippen LogP contribution in [0.3, 0.4) is 0 Å². The van der Waals surface area contributed by atoms with Gasteiger partial charge in [-0.1, -0.05) is 48.5 Å². The summed E-state index contributed by atoms with van der Waals surface area (Å²) in [7, 11) is 0. The van der Waals surface area contributed by atoms with E-state index in [1.54, 1.807) is 6.33 Å². The molecule has 0 spiro atoms. The van der Waals surface area contributed by atoms with Crippen LogP contribution < -0.4 is 0 Å². The number of para-hydroxylation sites is 1. The first-order valence-corrected chi connectivity index (χ1v) is 6.18. The van der Waals surface area contributed by atoms with Crippen molar-refractivity contribution < 1.29 is 0 Å². The quantitative estimate of drug-likeness (QED) is 0.647. The molecular weight excluding hydrogens is 244 g/mol. The Morgan fingerprint density at radius 1 is 0.833 bits per heavy atom. The lowest BCUT2D eigenvalue weighted by Crippen LogP contribution is -1.98. The molecular formula is C15H11ClN2. The highest BCUT2D eigenvalue weighted by atomic mass is 35.5. The Balaban J connectivity index is 2.15. The molecule has 0 aliphatic rings. The maximum absolute atomic E-state index is 6.52. The normalized spacial score (nSPS) is 12.5. The number of aromatic nitrogens is 2. The van der Waals surface area contributed by atoms with Crippen molar-refractivity contribution in [3.63, 3.8) is 0 Å². The van der Waals surface area contributed by atoms with E-state index in [9.17, 15) is 0 Å². The molecule has 0 saturated carbocycles. The number of hydrogen-bond acceptors (Lipinski definition) is 2. The Labute approximate surface area is 110 Å². The van der Waals surface area contributed by atoms with E-state index in [0.29, 0.717) is 0 Å². The van der Waals surface area contributed by atoms with Gasteiger partial charge in [0.15, 0.2) is 0 Å². The van der Waals surface area contributed by atoms with Crippen LogP contribution in [0.15, 0.2) is 60.9 Å². The number of halogens is 1.